The van der Waals surface area contributed by atoms with E-state index in [2.05, 4.69) is 6.92 Å². The molecule has 0 unspecified atom stereocenters. The van der Waals surface area contributed by atoms with Crippen molar-refractivity contribution in [2.24, 2.45) is 5.92 Å². The van der Waals surface area contributed by atoms with Gasteiger partial charge in [-0.05, 0) is 43.4 Å². The molecule has 17 heavy (non-hydrogen) atoms. The molecule has 1 aliphatic rings. The van der Waals surface area contributed by atoms with Crippen molar-refractivity contribution in [3.05, 3.63) is 29.3 Å². The number of rotatable bonds is 1. The van der Waals surface area contributed by atoms with Crippen LogP contribution in [-0.2, 0) is 0 Å². The van der Waals surface area contributed by atoms with E-state index in [9.17, 15) is 4.79 Å². The van der Waals surface area contributed by atoms with Gasteiger partial charge in [-0.15, -0.1) is 0 Å². The van der Waals surface area contributed by atoms with Crippen LogP contribution in [0.15, 0.2) is 18.2 Å². The van der Waals surface area contributed by atoms with Crippen LogP contribution in [0.25, 0.3) is 0 Å². The SMILES string of the molecule is Cc1ccc(C(=O)N2CCC[C@H](C)C2)cc1N. The van der Waals surface area contributed by atoms with Gasteiger partial charge in [0.1, 0.15) is 0 Å². The van der Waals surface area contributed by atoms with Crippen LogP contribution in [-0.4, -0.2) is 23.9 Å². The van der Waals surface area contributed by atoms with E-state index >= 15 is 0 Å². The highest BCUT2D eigenvalue weighted by Crippen LogP contribution is 2.20. The molecule has 3 nitrogen and oxygen atoms in total. The fourth-order valence-electron chi connectivity index (χ4n) is 2.33. The van der Waals surface area contributed by atoms with E-state index in [-0.39, 0.29) is 5.91 Å². The van der Waals surface area contributed by atoms with Crippen molar-refractivity contribution in [3.8, 4) is 0 Å². The molecule has 2 rings (SSSR count). The highest BCUT2D eigenvalue weighted by atomic mass is 16.2. The molecule has 0 aromatic heterocycles. The van der Waals surface area contributed by atoms with E-state index in [0.717, 1.165) is 25.1 Å². The number of carbonyl (C=O) groups is 1. The Hall–Kier alpha value is -1.51. The van der Waals surface area contributed by atoms with Crippen LogP contribution in [0.1, 0.15) is 35.7 Å². The number of nitrogen functional groups attached to an aromatic ring is 1. The molecule has 1 heterocycles. The summed E-state index contributed by atoms with van der Waals surface area (Å²) in [6.45, 7) is 5.89. The number of nitrogens with zero attached hydrogens (tertiary/aromatic N) is 1. The van der Waals surface area contributed by atoms with E-state index in [1.165, 1.54) is 6.42 Å². The van der Waals surface area contributed by atoms with Crippen LogP contribution in [0.4, 0.5) is 5.69 Å². The largest absolute Gasteiger partial charge is 0.398 e. The average molecular weight is 232 g/mol. The summed E-state index contributed by atoms with van der Waals surface area (Å²) in [6.07, 6.45) is 2.33. The van der Waals surface area contributed by atoms with E-state index in [0.29, 0.717) is 17.2 Å². The van der Waals surface area contributed by atoms with E-state index in [1.54, 1.807) is 6.07 Å². The fraction of sp³-hybridized carbons (Fsp3) is 0.500. The summed E-state index contributed by atoms with van der Waals surface area (Å²) in [7, 11) is 0. The molecule has 0 saturated carbocycles. The minimum atomic E-state index is 0.114. The van der Waals surface area contributed by atoms with Gasteiger partial charge >= 0.3 is 0 Å². The minimum Gasteiger partial charge on any atom is -0.398 e. The van der Waals surface area contributed by atoms with Crippen molar-refractivity contribution in [2.75, 3.05) is 18.8 Å². The molecule has 0 bridgehead atoms. The molecule has 1 atom stereocenters. The summed E-state index contributed by atoms with van der Waals surface area (Å²) in [6, 6.07) is 5.57. The molecule has 1 aliphatic heterocycles. The summed E-state index contributed by atoms with van der Waals surface area (Å²) in [4.78, 5) is 14.2. The number of carbonyl (C=O) groups excluding carboxylic acids is 1. The van der Waals surface area contributed by atoms with Gasteiger partial charge in [-0.3, -0.25) is 4.79 Å². The Bertz CT molecular complexity index is 428. The van der Waals surface area contributed by atoms with Crippen LogP contribution in [0, 0.1) is 12.8 Å². The standard InChI is InChI=1S/C14H20N2O/c1-10-4-3-7-16(9-10)14(17)12-6-5-11(2)13(15)8-12/h5-6,8,10H,3-4,7,9,15H2,1-2H3/t10-/m0/s1. The Morgan fingerprint density at radius 2 is 2.24 bits per heavy atom. The second-order valence-electron chi connectivity index (χ2n) is 5.07. The molecular weight excluding hydrogens is 212 g/mol. The molecule has 1 saturated heterocycles. The molecule has 2 N–H and O–H groups in total. The maximum atomic E-state index is 12.3. The van der Waals surface area contributed by atoms with Gasteiger partial charge in [-0.2, -0.15) is 0 Å². The number of aryl methyl sites for hydroxylation is 1. The van der Waals surface area contributed by atoms with Crippen LogP contribution >= 0.6 is 0 Å². The van der Waals surface area contributed by atoms with Gasteiger partial charge < -0.3 is 10.6 Å². The number of anilines is 1. The highest BCUT2D eigenvalue weighted by Gasteiger charge is 2.22. The maximum absolute atomic E-state index is 12.3. The zero-order chi connectivity index (χ0) is 12.4. The molecular formula is C14H20N2O. The predicted octanol–water partition coefficient (Wildman–Crippen LogP) is 2.45. The normalized spacial score (nSPS) is 20.4. The molecule has 92 valence electrons. The number of hydrogen-bond acceptors (Lipinski definition) is 2. The number of hydrogen-bond donors (Lipinski definition) is 1. The van der Waals surface area contributed by atoms with Gasteiger partial charge in [-0.1, -0.05) is 13.0 Å². The van der Waals surface area contributed by atoms with Crippen molar-refractivity contribution >= 4 is 11.6 Å². The second kappa shape index (κ2) is 4.78. The minimum absolute atomic E-state index is 0.114. The quantitative estimate of drug-likeness (QED) is 0.756. The molecule has 1 aromatic carbocycles. The first-order valence-corrected chi connectivity index (χ1v) is 6.23. The number of benzene rings is 1. The summed E-state index contributed by atoms with van der Waals surface area (Å²) < 4.78 is 0. The van der Waals surface area contributed by atoms with Crippen molar-refractivity contribution in [2.45, 2.75) is 26.7 Å². The van der Waals surface area contributed by atoms with Crippen molar-refractivity contribution in [1.82, 2.24) is 4.90 Å². The van der Waals surface area contributed by atoms with Gasteiger partial charge in [0.05, 0.1) is 0 Å². The third-order valence-corrected chi connectivity index (χ3v) is 3.47. The van der Waals surface area contributed by atoms with Gasteiger partial charge in [0.2, 0.25) is 0 Å². The Balaban J connectivity index is 2.15. The molecule has 0 spiro atoms. The first-order valence-electron chi connectivity index (χ1n) is 6.23. The molecule has 0 radical (unpaired) electrons. The van der Waals surface area contributed by atoms with Gasteiger partial charge in [0.25, 0.3) is 5.91 Å². The molecule has 0 aliphatic carbocycles. The van der Waals surface area contributed by atoms with Crippen LogP contribution in [0.5, 0.6) is 0 Å². The zero-order valence-electron chi connectivity index (χ0n) is 10.6. The lowest BCUT2D eigenvalue weighted by atomic mass is 9.99. The molecule has 1 amide bonds. The van der Waals surface area contributed by atoms with Gasteiger partial charge in [0, 0.05) is 24.3 Å². The smallest absolute Gasteiger partial charge is 0.253 e. The molecule has 1 fully saturated rings. The van der Waals surface area contributed by atoms with Crippen molar-refractivity contribution in [3.63, 3.8) is 0 Å². The first kappa shape index (κ1) is 12.0. The summed E-state index contributed by atoms with van der Waals surface area (Å²) >= 11 is 0. The monoisotopic (exact) mass is 232 g/mol. The lowest BCUT2D eigenvalue weighted by Crippen LogP contribution is -2.39. The van der Waals surface area contributed by atoms with Crippen molar-refractivity contribution in [1.29, 1.82) is 0 Å². The summed E-state index contributed by atoms with van der Waals surface area (Å²) in [5, 5.41) is 0. The third kappa shape index (κ3) is 2.60. The first-order chi connectivity index (χ1) is 8.08. The number of nitrogens with two attached hydrogens (primary N) is 1. The number of piperidine rings is 1. The second-order valence-corrected chi connectivity index (χ2v) is 5.07. The van der Waals surface area contributed by atoms with E-state index < -0.39 is 0 Å². The van der Waals surface area contributed by atoms with Crippen LogP contribution in [0.3, 0.4) is 0 Å². The Labute approximate surface area is 103 Å². The average Bonchev–Trinajstić information content (AvgIpc) is 2.32. The Morgan fingerprint density at radius 3 is 2.88 bits per heavy atom. The Kier molecular flexibility index (Phi) is 3.36. The fourth-order valence-corrected chi connectivity index (χ4v) is 2.33. The Morgan fingerprint density at radius 1 is 1.47 bits per heavy atom. The van der Waals surface area contributed by atoms with Gasteiger partial charge in [0.15, 0.2) is 0 Å². The summed E-state index contributed by atoms with van der Waals surface area (Å²) in [5.74, 6) is 0.721. The predicted molar refractivity (Wildman–Crippen MR) is 69.9 cm³/mol. The lowest BCUT2D eigenvalue weighted by Gasteiger charge is -2.31. The topological polar surface area (TPSA) is 46.3 Å². The van der Waals surface area contributed by atoms with E-state index in [4.69, 9.17) is 5.73 Å². The van der Waals surface area contributed by atoms with Crippen LogP contribution < -0.4 is 5.73 Å². The van der Waals surface area contributed by atoms with Crippen LogP contribution in [0.2, 0.25) is 0 Å². The molecule has 1 aromatic rings. The highest BCUT2D eigenvalue weighted by molar-refractivity contribution is 5.95. The zero-order valence-corrected chi connectivity index (χ0v) is 10.6. The maximum Gasteiger partial charge on any atom is 0.253 e. The van der Waals surface area contributed by atoms with Gasteiger partial charge in [-0.25, -0.2) is 0 Å². The van der Waals surface area contributed by atoms with E-state index in [1.807, 2.05) is 24.0 Å². The number of likely N-dealkylation sites (tertiary alicyclic amines) is 1. The van der Waals surface area contributed by atoms with Crippen molar-refractivity contribution < 1.29 is 4.79 Å². The summed E-state index contributed by atoms with van der Waals surface area (Å²) in [5.41, 5.74) is 8.27. The third-order valence-electron chi connectivity index (χ3n) is 3.47. The number of amides is 1. The molecule has 3 heteroatoms. The lowest BCUT2D eigenvalue weighted by molar-refractivity contribution is 0.0683.